The summed E-state index contributed by atoms with van der Waals surface area (Å²) in [7, 11) is 0. The van der Waals surface area contributed by atoms with E-state index in [1.54, 1.807) is 0 Å². The van der Waals surface area contributed by atoms with Crippen molar-refractivity contribution in [3.63, 3.8) is 0 Å². The minimum atomic E-state index is 0.175. The van der Waals surface area contributed by atoms with Crippen LogP contribution in [0.25, 0.3) is 0 Å². The second-order valence-electron chi connectivity index (χ2n) is 6.14. The van der Waals surface area contributed by atoms with E-state index in [0.29, 0.717) is 11.7 Å². The highest BCUT2D eigenvalue weighted by molar-refractivity contribution is 5.98. The summed E-state index contributed by atoms with van der Waals surface area (Å²) in [4.78, 5) is 12.6. The Balaban J connectivity index is 2.20. The molecule has 0 unspecified atom stereocenters. The maximum absolute atomic E-state index is 12.6. The highest BCUT2D eigenvalue weighted by Gasteiger charge is 2.23. The molecule has 1 aromatic rings. The Hall–Kier alpha value is -1.35. The zero-order valence-corrected chi connectivity index (χ0v) is 13.4. The molecule has 1 N–H and O–H groups in total. The van der Waals surface area contributed by atoms with E-state index in [1.165, 1.54) is 0 Å². The van der Waals surface area contributed by atoms with Gasteiger partial charge in [-0.3, -0.25) is 4.79 Å². The van der Waals surface area contributed by atoms with Crippen molar-refractivity contribution in [1.82, 2.24) is 5.32 Å². The third-order valence-electron chi connectivity index (χ3n) is 4.09. The second-order valence-corrected chi connectivity index (χ2v) is 6.14. The van der Waals surface area contributed by atoms with E-state index in [9.17, 15) is 4.79 Å². The quantitative estimate of drug-likeness (QED) is 0.810. The summed E-state index contributed by atoms with van der Waals surface area (Å²) in [6, 6.07) is 5.95. The number of Topliss-reactive ketones (excluding diaryl/α,β-unsaturated/α-hetero) is 1. The average molecular weight is 289 g/mol. The van der Waals surface area contributed by atoms with Crippen LogP contribution in [-0.2, 0) is 0 Å². The van der Waals surface area contributed by atoms with Gasteiger partial charge in [0.1, 0.15) is 5.75 Å². The number of benzene rings is 1. The van der Waals surface area contributed by atoms with E-state index in [4.69, 9.17) is 4.74 Å². The second kappa shape index (κ2) is 7.60. The molecule has 0 radical (unpaired) electrons. The molecule has 1 aromatic carbocycles. The summed E-state index contributed by atoms with van der Waals surface area (Å²) in [5.41, 5.74) is 1.98. The Labute approximate surface area is 128 Å². The fraction of sp³-hybridized carbons (Fsp3) is 0.611. The molecule has 0 aromatic heterocycles. The molecular formula is C18H27NO2. The van der Waals surface area contributed by atoms with E-state index in [2.05, 4.69) is 26.1 Å². The van der Waals surface area contributed by atoms with Gasteiger partial charge in [-0.25, -0.2) is 0 Å². The normalized spacial score (nSPS) is 16.2. The van der Waals surface area contributed by atoms with Gasteiger partial charge in [0.2, 0.25) is 0 Å². The van der Waals surface area contributed by atoms with Crippen molar-refractivity contribution in [3.8, 4) is 5.75 Å². The predicted molar refractivity (Wildman–Crippen MR) is 86.2 cm³/mol. The maximum Gasteiger partial charge on any atom is 0.166 e. The van der Waals surface area contributed by atoms with Crippen LogP contribution in [0.15, 0.2) is 18.2 Å². The molecule has 3 heteroatoms. The van der Waals surface area contributed by atoms with E-state index in [-0.39, 0.29) is 5.92 Å². The van der Waals surface area contributed by atoms with Crippen LogP contribution in [0.1, 0.15) is 61.9 Å². The van der Waals surface area contributed by atoms with Crippen LogP contribution in [0.5, 0.6) is 5.75 Å². The van der Waals surface area contributed by atoms with Crippen molar-refractivity contribution in [2.45, 2.75) is 46.0 Å². The first-order valence-electron chi connectivity index (χ1n) is 8.15. The summed E-state index contributed by atoms with van der Waals surface area (Å²) in [5, 5.41) is 3.31. The van der Waals surface area contributed by atoms with Gasteiger partial charge in [-0.05, 0) is 62.0 Å². The number of hydrogen-bond donors (Lipinski definition) is 1. The number of ether oxygens (including phenoxy) is 1. The van der Waals surface area contributed by atoms with Gasteiger partial charge in [-0.1, -0.05) is 20.8 Å². The number of ketones is 1. The number of carbonyl (C=O) groups is 1. The van der Waals surface area contributed by atoms with Crippen LogP contribution in [-0.4, -0.2) is 25.5 Å². The van der Waals surface area contributed by atoms with Gasteiger partial charge in [0.15, 0.2) is 5.78 Å². The largest absolute Gasteiger partial charge is 0.493 e. The molecule has 21 heavy (non-hydrogen) atoms. The average Bonchev–Trinajstić information content (AvgIpc) is 2.52. The molecule has 2 rings (SSSR count). The van der Waals surface area contributed by atoms with Crippen molar-refractivity contribution in [1.29, 1.82) is 0 Å². The standard InChI is InChI=1S/C18H27NO2/c1-4-11-21-17-6-5-15(12-16(17)13(2)3)18(20)14-7-9-19-10-8-14/h5-6,12-14,19H,4,7-11H2,1-3H3. The smallest absolute Gasteiger partial charge is 0.166 e. The third-order valence-corrected chi connectivity index (χ3v) is 4.09. The van der Waals surface area contributed by atoms with Gasteiger partial charge in [0, 0.05) is 11.5 Å². The highest BCUT2D eigenvalue weighted by atomic mass is 16.5. The summed E-state index contributed by atoms with van der Waals surface area (Å²) < 4.78 is 5.81. The summed E-state index contributed by atoms with van der Waals surface area (Å²) in [6.07, 6.45) is 2.89. The lowest BCUT2D eigenvalue weighted by Crippen LogP contribution is -2.31. The van der Waals surface area contributed by atoms with Gasteiger partial charge in [-0.15, -0.1) is 0 Å². The van der Waals surface area contributed by atoms with Gasteiger partial charge < -0.3 is 10.1 Å². The molecular weight excluding hydrogens is 262 g/mol. The number of carbonyl (C=O) groups excluding carboxylic acids is 1. The molecule has 0 amide bonds. The van der Waals surface area contributed by atoms with Crippen LogP contribution in [0.4, 0.5) is 0 Å². The fourth-order valence-electron chi connectivity index (χ4n) is 2.82. The van der Waals surface area contributed by atoms with Gasteiger partial charge in [0.25, 0.3) is 0 Å². The predicted octanol–water partition coefficient (Wildman–Crippen LogP) is 3.78. The Morgan fingerprint density at radius 3 is 2.67 bits per heavy atom. The Morgan fingerprint density at radius 2 is 2.05 bits per heavy atom. The minimum absolute atomic E-state index is 0.175. The van der Waals surface area contributed by atoms with Crippen molar-refractivity contribution < 1.29 is 9.53 Å². The molecule has 0 saturated carbocycles. The summed E-state index contributed by atoms with van der Waals surface area (Å²) in [5.74, 6) is 1.75. The van der Waals surface area contributed by atoms with Crippen LogP contribution in [0.3, 0.4) is 0 Å². The molecule has 1 saturated heterocycles. The molecule has 3 nitrogen and oxygen atoms in total. The Bertz CT molecular complexity index is 476. The van der Waals surface area contributed by atoms with Gasteiger partial charge in [0.05, 0.1) is 6.61 Å². The van der Waals surface area contributed by atoms with Gasteiger partial charge in [-0.2, -0.15) is 0 Å². The molecule has 1 heterocycles. The number of nitrogens with one attached hydrogen (secondary N) is 1. The Morgan fingerprint density at radius 1 is 1.33 bits per heavy atom. The first-order valence-corrected chi connectivity index (χ1v) is 8.15. The van der Waals surface area contributed by atoms with E-state index < -0.39 is 0 Å². The third kappa shape index (κ3) is 4.07. The lowest BCUT2D eigenvalue weighted by atomic mass is 9.88. The number of hydrogen-bond acceptors (Lipinski definition) is 3. The maximum atomic E-state index is 12.6. The molecule has 0 bridgehead atoms. The van der Waals surface area contributed by atoms with Crippen molar-refractivity contribution in [3.05, 3.63) is 29.3 Å². The van der Waals surface area contributed by atoms with Crippen molar-refractivity contribution in [2.24, 2.45) is 5.92 Å². The molecule has 1 aliphatic rings. The summed E-state index contributed by atoms with van der Waals surface area (Å²) >= 11 is 0. The van der Waals surface area contributed by atoms with Gasteiger partial charge >= 0.3 is 0 Å². The van der Waals surface area contributed by atoms with Crippen LogP contribution >= 0.6 is 0 Å². The Kier molecular flexibility index (Phi) is 5.80. The molecule has 0 atom stereocenters. The van der Waals surface area contributed by atoms with Crippen molar-refractivity contribution in [2.75, 3.05) is 19.7 Å². The first kappa shape index (κ1) is 16.0. The summed E-state index contributed by atoms with van der Waals surface area (Å²) in [6.45, 7) is 9.02. The topological polar surface area (TPSA) is 38.3 Å². The SMILES string of the molecule is CCCOc1ccc(C(=O)C2CCNCC2)cc1C(C)C. The van der Waals surface area contributed by atoms with Crippen LogP contribution in [0, 0.1) is 5.92 Å². The zero-order valence-electron chi connectivity index (χ0n) is 13.4. The lowest BCUT2D eigenvalue weighted by Gasteiger charge is -2.22. The number of piperidine rings is 1. The molecule has 116 valence electrons. The van der Waals surface area contributed by atoms with E-state index >= 15 is 0 Å². The van der Waals surface area contributed by atoms with Crippen LogP contribution < -0.4 is 10.1 Å². The fourth-order valence-corrected chi connectivity index (χ4v) is 2.82. The van der Waals surface area contributed by atoms with Crippen molar-refractivity contribution >= 4 is 5.78 Å². The molecule has 0 spiro atoms. The van der Waals surface area contributed by atoms with E-state index in [0.717, 1.165) is 55.8 Å². The first-order chi connectivity index (χ1) is 10.1. The number of rotatable bonds is 6. The highest BCUT2D eigenvalue weighted by Crippen LogP contribution is 2.29. The monoisotopic (exact) mass is 289 g/mol. The molecule has 1 aliphatic heterocycles. The molecule has 0 aliphatic carbocycles. The lowest BCUT2D eigenvalue weighted by molar-refractivity contribution is 0.0895. The minimum Gasteiger partial charge on any atom is -0.493 e. The van der Waals surface area contributed by atoms with E-state index in [1.807, 2.05) is 18.2 Å². The zero-order chi connectivity index (χ0) is 15.2. The van der Waals surface area contributed by atoms with Crippen LogP contribution in [0.2, 0.25) is 0 Å². The molecule has 1 fully saturated rings.